The summed E-state index contributed by atoms with van der Waals surface area (Å²) in [4.78, 5) is 4.20. The topological polar surface area (TPSA) is 71.1 Å². The van der Waals surface area contributed by atoms with Crippen molar-refractivity contribution in [3.8, 4) is 0 Å². The van der Waals surface area contributed by atoms with Crippen molar-refractivity contribution < 1.29 is 8.42 Å². The van der Waals surface area contributed by atoms with Gasteiger partial charge in [-0.2, -0.15) is 0 Å². The lowest BCUT2D eigenvalue weighted by Gasteiger charge is -2.08. The Balaban J connectivity index is 2.19. The van der Waals surface area contributed by atoms with E-state index in [1.165, 1.54) is 6.20 Å². The Kier molecular flexibility index (Phi) is 4.74. The highest BCUT2D eigenvalue weighted by Gasteiger charge is 2.14. The molecule has 0 saturated heterocycles. The molecule has 5 nitrogen and oxygen atoms in total. The Hall–Kier alpha value is -1.44. The van der Waals surface area contributed by atoms with Crippen molar-refractivity contribution in [2.45, 2.75) is 11.4 Å². The van der Waals surface area contributed by atoms with E-state index < -0.39 is 10.0 Å². The van der Waals surface area contributed by atoms with Gasteiger partial charge in [0.25, 0.3) is 10.0 Å². The van der Waals surface area contributed by atoms with E-state index >= 15 is 0 Å². The van der Waals surface area contributed by atoms with Crippen LogP contribution >= 0.6 is 15.9 Å². The van der Waals surface area contributed by atoms with E-state index in [9.17, 15) is 8.42 Å². The summed E-state index contributed by atoms with van der Waals surface area (Å²) in [5, 5.41) is 3.01. The molecule has 1 aromatic carbocycles. The zero-order chi connectivity index (χ0) is 14.6. The summed E-state index contributed by atoms with van der Waals surface area (Å²) in [5.41, 5.74) is 1.02. The van der Waals surface area contributed by atoms with Crippen LogP contribution in [0.1, 0.15) is 5.56 Å². The van der Waals surface area contributed by atoms with E-state index in [-0.39, 0.29) is 10.7 Å². The Morgan fingerprint density at radius 1 is 1.15 bits per heavy atom. The van der Waals surface area contributed by atoms with Crippen LogP contribution in [0.4, 0.5) is 5.82 Å². The van der Waals surface area contributed by atoms with Gasteiger partial charge in [0, 0.05) is 17.2 Å². The number of aromatic nitrogens is 1. The van der Waals surface area contributed by atoms with Crippen LogP contribution in [0.25, 0.3) is 0 Å². The van der Waals surface area contributed by atoms with Crippen molar-refractivity contribution in [1.82, 2.24) is 10.3 Å². The molecule has 0 atom stereocenters. The highest BCUT2D eigenvalue weighted by molar-refractivity contribution is 9.10. The van der Waals surface area contributed by atoms with Crippen molar-refractivity contribution in [3.63, 3.8) is 0 Å². The van der Waals surface area contributed by atoms with Crippen molar-refractivity contribution in [3.05, 3.63) is 52.6 Å². The summed E-state index contributed by atoms with van der Waals surface area (Å²) in [5.74, 6) is 0.285. The third kappa shape index (κ3) is 3.78. The molecule has 2 aromatic rings. The molecule has 0 fully saturated rings. The first-order chi connectivity index (χ1) is 9.51. The maximum Gasteiger partial charge on any atom is 0.263 e. The lowest BCUT2D eigenvalue weighted by Crippen LogP contribution is -2.14. The number of anilines is 1. The molecule has 1 aromatic heterocycles. The van der Waals surface area contributed by atoms with Crippen molar-refractivity contribution in [2.75, 3.05) is 11.8 Å². The van der Waals surface area contributed by atoms with Gasteiger partial charge < -0.3 is 5.32 Å². The molecule has 0 radical (unpaired) electrons. The third-order valence-electron chi connectivity index (χ3n) is 2.58. The van der Waals surface area contributed by atoms with E-state index in [2.05, 4.69) is 31.0 Å². The van der Waals surface area contributed by atoms with Gasteiger partial charge in [0.15, 0.2) is 0 Å². The van der Waals surface area contributed by atoms with Gasteiger partial charge in [0.1, 0.15) is 5.82 Å². The Morgan fingerprint density at radius 2 is 1.85 bits per heavy atom. The molecule has 0 bridgehead atoms. The van der Waals surface area contributed by atoms with E-state index in [1.54, 1.807) is 36.4 Å². The fourth-order valence-corrected chi connectivity index (χ4v) is 2.87. The second-order valence-corrected chi connectivity index (χ2v) is 6.74. The largest absolute Gasteiger partial charge is 0.316 e. The molecule has 0 aliphatic carbocycles. The number of nitrogens with one attached hydrogen (secondary N) is 2. The molecular formula is C13H14BrN3O2S. The zero-order valence-electron chi connectivity index (χ0n) is 10.8. The number of hydrogen-bond donors (Lipinski definition) is 2. The Morgan fingerprint density at radius 3 is 2.40 bits per heavy atom. The summed E-state index contributed by atoms with van der Waals surface area (Å²) in [7, 11) is -1.77. The van der Waals surface area contributed by atoms with Crippen LogP contribution < -0.4 is 10.0 Å². The summed E-state index contributed by atoms with van der Waals surface area (Å²) in [6, 6.07) is 10.0. The minimum absolute atomic E-state index is 0.210. The Bertz CT molecular complexity index is 670. The van der Waals surface area contributed by atoms with E-state index in [0.29, 0.717) is 6.54 Å². The van der Waals surface area contributed by atoms with Crippen LogP contribution in [-0.4, -0.2) is 20.4 Å². The first-order valence-corrected chi connectivity index (χ1v) is 8.17. The van der Waals surface area contributed by atoms with E-state index in [0.717, 1.165) is 10.0 Å². The van der Waals surface area contributed by atoms with E-state index in [1.807, 2.05) is 7.05 Å². The fraction of sp³-hybridized carbons (Fsp3) is 0.154. The van der Waals surface area contributed by atoms with Crippen LogP contribution in [-0.2, 0) is 16.6 Å². The number of sulfonamides is 1. The number of rotatable bonds is 5. The molecule has 0 amide bonds. The van der Waals surface area contributed by atoms with Gasteiger partial charge in [0.05, 0.1) is 4.90 Å². The predicted octanol–water partition coefficient (Wildman–Crippen LogP) is 2.36. The molecule has 106 valence electrons. The lowest BCUT2D eigenvalue weighted by molar-refractivity contribution is 0.601. The summed E-state index contributed by atoms with van der Waals surface area (Å²) in [6.07, 6.45) is 1.54. The van der Waals surface area contributed by atoms with Gasteiger partial charge in [-0.05, 0) is 52.8 Å². The number of hydrogen-bond acceptors (Lipinski definition) is 4. The second kappa shape index (κ2) is 6.34. The van der Waals surface area contributed by atoms with Gasteiger partial charge >= 0.3 is 0 Å². The normalized spacial score (nSPS) is 11.3. The molecule has 7 heteroatoms. The van der Waals surface area contributed by atoms with Crippen molar-refractivity contribution in [1.29, 1.82) is 0 Å². The number of benzene rings is 1. The van der Waals surface area contributed by atoms with Crippen LogP contribution in [0.5, 0.6) is 0 Å². The first kappa shape index (κ1) is 15.0. The van der Waals surface area contributed by atoms with Gasteiger partial charge in [-0.15, -0.1) is 0 Å². The SMILES string of the molecule is CNCc1ccc(S(=O)(=O)Nc2ccc(Br)cn2)cc1. The van der Waals surface area contributed by atoms with Gasteiger partial charge in [-0.1, -0.05) is 12.1 Å². The molecule has 1 heterocycles. The molecule has 0 spiro atoms. The molecule has 0 aliphatic rings. The van der Waals surface area contributed by atoms with Gasteiger partial charge in [-0.25, -0.2) is 13.4 Å². The molecule has 0 unspecified atom stereocenters. The van der Waals surface area contributed by atoms with E-state index in [4.69, 9.17) is 0 Å². The number of nitrogens with zero attached hydrogens (tertiary/aromatic N) is 1. The monoisotopic (exact) mass is 355 g/mol. The molecule has 2 rings (SSSR count). The minimum atomic E-state index is -3.61. The maximum atomic E-state index is 12.2. The zero-order valence-corrected chi connectivity index (χ0v) is 13.2. The number of halogens is 1. The quantitative estimate of drug-likeness (QED) is 0.863. The molecular weight excluding hydrogens is 342 g/mol. The smallest absolute Gasteiger partial charge is 0.263 e. The average Bonchev–Trinajstić information content (AvgIpc) is 2.42. The summed E-state index contributed by atoms with van der Waals surface area (Å²) >= 11 is 3.25. The molecule has 2 N–H and O–H groups in total. The number of pyridine rings is 1. The van der Waals surface area contributed by atoms with Gasteiger partial charge in [0.2, 0.25) is 0 Å². The van der Waals surface area contributed by atoms with Crippen LogP contribution in [0.15, 0.2) is 52.0 Å². The van der Waals surface area contributed by atoms with Crippen molar-refractivity contribution >= 4 is 31.8 Å². The van der Waals surface area contributed by atoms with Crippen LogP contribution in [0.2, 0.25) is 0 Å². The first-order valence-electron chi connectivity index (χ1n) is 5.89. The second-order valence-electron chi connectivity index (χ2n) is 4.14. The maximum absolute atomic E-state index is 12.2. The Labute approximate surface area is 126 Å². The lowest BCUT2D eigenvalue weighted by atomic mass is 10.2. The predicted molar refractivity (Wildman–Crippen MR) is 82.0 cm³/mol. The highest BCUT2D eigenvalue weighted by Crippen LogP contribution is 2.16. The van der Waals surface area contributed by atoms with Crippen LogP contribution in [0, 0.1) is 0 Å². The highest BCUT2D eigenvalue weighted by atomic mass is 79.9. The van der Waals surface area contributed by atoms with Crippen LogP contribution in [0.3, 0.4) is 0 Å². The summed E-state index contributed by atoms with van der Waals surface area (Å²) in [6.45, 7) is 0.696. The average molecular weight is 356 g/mol. The third-order valence-corrected chi connectivity index (χ3v) is 4.42. The minimum Gasteiger partial charge on any atom is -0.316 e. The standard InChI is InChI=1S/C13H14BrN3O2S/c1-15-8-10-2-5-12(6-3-10)20(18,19)17-13-7-4-11(14)9-16-13/h2-7,9,15H,8H2,1H3,(H,16,17). The fourth-order valence-electron chi connectivity index (χ4n) is 1.62. The van der Waals surface area contributed by atoms with Crippen molar-refractivity contribution in [2.24, 2.45) is 0 Å². The molecule has 0 aliphatic heterocycles. The van der Waals surface area contributed by atoms with Gasteiger partial charge in [-0.3, -0.25) is 4.72 Å². The molecule has 20 heavy (non-hydrogen) atoms. The summed E-state index contributed by atoms with van der Waals surface area (Å²) < 4.78 is 27.6. The molecule has 0 saturated carbocycles.